The molecule has 0 bridgehead atoms. The van der Waals surface area contributed by atoms with Crippen molar-refractivity contribution in [3.63, 3.8) is 0 Å². The van der Waals surface area contributed by atoms with Crippen molar-refractivity contribution < 1.29 is 35.3 Å². The lowest BCUT2D eigenvalue weighted by Gasteiger charge is -2.28. The van der Waals surface area contributed by atoms with Crippen molar-refractivity contribution in [1.29, 1.82) is 0 Å². The van der Waals surface area contributed by atoms with Crippen molar-refractivity contribution in [2.75, 3.05) is 13.1 Å². The Bertz CT molecular complexity index is 834. The maximum Gasteiger partial charge on any atom is 0.534 e. The number of carbonyl (C=O) groups is 1. The molecular weight excluding hydrogens is 401 g/mol. The maximum absolute atomic E-state index is 12.5. The third-order valence-electron chi connectivity index (χ3n) is 4.09. The fourth-order valence-electron chi connectivity index (χ4n) is 2.77. The fraction of sp³-hybridized carbons (Fsp3) is 0.647. The number of aromatic nitrogens is 1. The molecule has 1 aliphatic heterocycles. The fourth-order valence-corrected chi connectivity index (χ4v) is 3.18. The molecule has 0 saturated carbocycles. The van der Waals surface area contributed by atoms with Crippen molar-refractivity contribution in [3.8, 4) is 5.88 Å². The van der Waals surface area contributed by atoms with Crippen molar-refractivity contribution in [3.05, 3.63) is 23.4 Å². The molecular formula is C17H23F3N2O5S. The zero-order chi connectivity index (χ0) is 21.3. The summed E-state index contributed by atoms with van der Waals surface area (Å²) in [4.78, 5) is 17.9. The minimum absolute atomic E-state index is 0.251. The van der Waals surface area contributed by atoms with Gasteiger partial charge in [-0.15, -0.1) is 0 Å². The van der Waals surface area contributed by atoms with E-state index >= 15 is 0 Å². The van der Waals surface area contributed by atoms with Crippen LogP contribution in [0.4, 0.5) is 18.0 Å². The third kappa shape index (κ3) is 5.27. The largest absolute Gasteiger partial charge is 0.534 e. The van der Waals surface area contributed by atoms with Crippen LogP contribution >= 0.6 is 0 Å². The van der Waals surface area contributed by atoms with Crippen molar-refractivity contribution in [1.82, 2.24) is 9.88 Å². The van der Waals surface area contributed by atoms with Crippen LogP contribution in [0.5, 0.6) is 5.88 Å². The van der Waals surface area contributed by atoms with Gasteiger partial charge in [-0.05, 0) is 39.2 Å². The Kier molecular flexibility index (Phi) is 6.17. The zero-order valence-electron chi connectivity index (χ0n) is 16.0. The summed E-state index contributed by atoms with van der Waals surface area (Å²) in [6, 6.07) is 2.56. The summed E-state index contributed by atoms with van der Waals surface area (Å²) in [6.07, 6.45) is 0.453. The highest BCUT2D eigenvalue weighted by Crippen LogP contribution is 2.31. The summed E-state index contributed by atoms with van der Waals surface area (Å²) in [5.41, 5.74) is -5.07. The van der Waals surface area contributed by atoms with Crippen LogP contribution in [0.15, 0.2) is 12.1 Å². The van der Waals surface area contributed by atoms with E-state index in [1.165, 1.54) is 11.0 Å². The molecule has 158 valence electrons. The molecule has 1 aromatic rings. The van der Waals surface area contributed by atoms with Gasteiger partial charge in [-0.2, -0.15) is 21.6 Å². The first-order valence-electron chi connectivity index (χ1n) is 8.72. The standard InChI is InChI=1S/C17H23F3N2O5S/c1-5-11-10-22(15(23)26-16(2,3)4)9-8-12-6-7-13(21-14(11)12)27-28(24,25)17(18,19)20/h6-7,11H,5,8-10H2,1-4H3. The number of halogens is 3. The van der Waals surface area contributed by atoms with E-state index in [0.29, 0.717) is 25.1 Å². The van der Waals surface area contributed by atoms with Gasteiger partial charge in [-0.3, -0.25) is 0 Å². The zero-order valence-corrected chi connectivity index (χ0v) is 16.9. The van der Waals surface area contributed by atoms with Gasteiger partial charge >= 0.3 is 21.7 Å². The Morgan fingerprint density at radius 1 is 1.29 bits per heavy atom. The van der Waals surface area contributed by atoms with Gasteiger partial charge in [0.05, 0.1) is 5.69 Å². The molecule has 28 heavy (non-hydrogen) atoms. The van der Waals surface area contributed by atoms with E-state index in [4.69, 9.17) is 4.74 Å². The molecule has 0 radical (unpaired) electrons. The minimum Gasteiger partial charge on any atom is -0.444 e. The maximum atomic E-state index is 12.5. The van der Waals surface area contributed by atoms with Crippen LogP contribution in [-0.2, 0) is 21.3 Å². The van der Waals surface area contributed by atoms with Gasteiger partial charge in [0.2, 0.25) is 5.88 Å². The predicted octanol–water partition coefficient (Wildman–Crippen LogP) is 3.60. The Morgan fingerprint density at radius 2 is 1.93 bits per heavy atom. The highest BCUT2D eigenvalue weighted by Gasteiger charge is 2.49. The van der Waals surface area contributed by atoms with E-state index in [1.807, 2.05) is 6.92 Å². The number of ether oxygens (including phenoxy) is 1. The number of rotatable bonds is 3. The quantitative estimate of drug-likeness (QED) is 0.544. The number of fused-ring (bicyclic) bond motifs is 1. The Morgan fingerprint density at radius 3 is 2.46 bits per heavy atom. The lowest BCUT2D eigenvalue weighted by molar-refractivity contribution is -0.0501. The molecule has 1 aromatic heterocycles. The van der Waals surface area contributed by atoms with Gasteiger partial charge in [0.1, 0.15) is 5.60 Å². The molecule has 7 nitrogen and oxygen atoms in total. The second-order valence-electron chi connectivity index (χ2n) is 7.46. The van der Waals surface area contributed by atoms with Gasteiger partial charge < -0.3 is 13.8 Å². The third-order valence-corrected chi connectivity index (χ3v) is 5.05. The van der Waals surface area contributed by atoms with Crippen LogP contribution in [0.3, 0.4) is 0 Å². The molecule has 0 aliphatic carbocycles. The monoisotopic (exact) mass is 424 g/mol. The lowest BCUT2D eigenvalue weighted by atomic mass is 9.97. The van der Waals surface area contributed by atoms with Gasteiger partial charge in [-0.1, -0.05) is 13.0 Å². The van der Waals surface area contributed by atoms with Crippen LogP contribution in [0.1, 0.15) is 51.3 Å². The SMILES string of the molecule is CCC1CN(C(=O)OC(C)(C)C)CCc2ccc(OS(=O)(=O)C(F)(F)F)nc21. The summed E-state index contributed by atoms with van der Waals surface area (Å²) in [5, 5.41) is 0. The normalized spacial score (nSPS) is 18.2. The second-order valence-corrected chi connectivity index (χ2v) is 9.00. The van der Waals surface area contributed by atoms with Crippen LogP contribution < -0.4 is 4.18 Å². The molecule has 2 heterocycles. The van der Waals surface area contributed by atoms with Crippen LogP contribution in [0, 0.1) is 0 Å². The number of amides is 1. The molecule has 0 aromatic carbocycles. The van der Waals surface area contributed by atoms with E-state index < -0.39 is 33.2 Å². The van der Waals surface area contributed by atoms with Crippen LogP contribution in [0.2, 0.25) is 0 Å². The van der Waals surface area contributed by atoms with Crippen LogP contribution in [-0.4, -0.2) is 48.6 Å². The molecule has 11 heteroatoms. The van der Waals surface area contributed by atoms with Crippen molar-refractivity contribution in [2.45, 2.75) is 57.6 Å². The molecule has 1 unspecified atom stereocenters. The number of carbonyl (C=O) groups excluding carboxylic acids is 1. The Labute approximate surface area is 162 Å². The van der Waals surface area contributed by atoms with Gasteiger partial charge in [0.25, 0.3) is 0 Å². The number of alkyl halides is 3. The Balaban J connectivity index is 2.28. The van der Waals surface area contributed by atoms with E-state index in [-0.39, 0.29) is 12.5 Å². The number of hydrogen-bond donors (Lipinski definition) is 0. The number of hydrogen-bond acceptors (Lipinski definition) is 6. The first-order chi connectivity index (χ1) is 12.7. The van der Waals surface area contributed by atoms with Gasteiger partial charge in [0, 0.05) is 25.1 Å². The van der Waals surface area contributed by atoms with E-state index in [2.05, 4.69) is 9.17 Å². The molecule has 0 spiro atoms. The molecule has 1 amide bonds. The summed E-state index contributed by atoms with van der Waals surface area (Å²) >= 11 is 0. The van der Waals surface area contributed by atoms with Gasteiger partial charge in [-0.25, -0.2) is 9.78 Å². The molecule has 1 atom stereocenters. The second kappa shape index (κ2) is 7.76. The lowest BCUT2D eigenvalue weighted by Crippen LogP contribution is -2.39. The minimum atomic E-state index is -5.80. The molecule has 0 saturated heterocycles. The average Bonchev–Trinajstić information content (AvgIpc) is 2.71. The summed E-state index contributed by atoms with van der Waals surface area (Å²) in [6.45, 7) is 7.69. The first kappa shape index (κ1) is 22.3. The smallest absolute Gasteiger partial charge is 0.444 e. The van der Waals surface area contributed by atoms with E-state index in [0.717, 1.165) is 11.6 Å². The Hall–Kier alpha value is -2.04. The van der Waals surface area contributed by atoms with Crippen molar-refractivity contribution >= 4 is 16.2 Å². The number of nitrogens with zero attached hydrogens (tertiary/aromatic N) is 2. The summed E-state index contributed by atoms with van der Waals surface area (Å²) < 4.78 is 69.6. The van der Waals surface area contributed by atoms with Crippen LogP contribution in [0.25, 0.3) is 0 Å². The highest BCUT2D eigenvalue weighted by atomic mass is 32.2. The highest BCUT2D eigenvalue weighted by molar-refractivity contribution is 7.87. The van der Waals surface area contributed by atoms with E-state index in [9.17, 15) is 26.4 Å². The van der Waals surface area contributed by atoms with Crippen molar-refractivity contribution in [2.24, 2.45) is 0 Å². The molecule has 2 rings (SSSR count). The molecule has 1 aliphatic rings. The van der Waals surface area contributed by atoms with Gasteiger partial charge in [0.15, 0.2) is 0 Å². The predicted molar refractivity (Wildman–Crippen MR) is 94.4 cm³/mol. The number of pyridine rings is 1. The summed E-state index contributed by atoms with van der Waals surface area (Å²) in [5.74, 6) is -0.956. The first-order valence-corrected chi connectivity index (χ1v) is 10.1. The molecule has 0 N–H and O–H groups in total. The topological polar surface area (TPSA) is 85.8 Å². The van der Waals surface area contributed by atoms with E-state index in [1.54, 1.807) is 20.8 Å². The average molecular weight is 424 g/mol. The molecule has 0 fully saturated rings. The summed E-state index contributed by atoms with van der Waals surface area (Å²) in [7, 11) is -5.80.